The van der Waals surface area contributed by atoms with E-state index in [-0.39, 0.29) is 0 Å². The molecule has 0 aromatic heterocycles. The fourth-order valence-electron chi connectivity index (χ4n) is 2.20. The number of allylic oxidation sites excluding steroid dienone is 2. The van der Waals surface area contributed by atoms with Crippen LogP contribution in [0.5, 0.6) is 0 Å². The quantitative estimate of drug-likeness (QED) is 0.345. The molecule has 0 aromatic rings. The summed E-state index contributed by atoms with van der Waals surface area (Å²) < 4.78 is 0. The van der Waals surface area contributed by atoms with E-state index in [0.29, 0.717) is 0 Å². The molecular formula is C14H27B. The first kappa shape index (κ1) is 14.5. The summed E-state index contributed by atoms with van der Waals surface area (Å²) in [4.78, 5) is 0. The Morgan fingerprint density at radius 2 is 1.60 bits per heavy atom. The van der Waals surface area contributed by atoms with Gasteiger partial charge in [-0.3, -0.25) is 0 Å². The van der Waals surface area contributed by atoms with E-state index in [1.807, 2.05) is 12.2 Å². The summed E-state index contributed by atoms with van der Waals surface area (Å²) in [7, 11) is 0. The van der Waals surface area contributed by atoms with Gasteiger partial charge in [0, 0.05) is 0 Å². The first-order valence-corrected chi connectivity index (χ1v) is 6.50. The van der Waals surface area contributed by atoms with Crippen LogP contribution in [-0.4, -0.2) is 6.71 Å². The third-order valence-corrected chi connectivity index (χ3v) is 3.38. The molecule has 0 spiro atoms. The second-order valence-electron chi connectivity index (χ2n) is 4.53. The first-order valence-electron chi connectivity index (χ1n) is 6.50. The highest BCUT2D eigenvalue weighted by Crippen LogP contribution is 2.20. The van der Waals surface area contributed by atoms with Gasteiger partial charge in [-0.05, 0) is 18.8 Å². The van der Waals surface area contributed by atoms with Crippen LogP contribution in [0.15, 0.2) is 25.3 Å². The summed E-state index contributed by atoms with van der Waals surface area (Å²) in [5.74, 6) is 0.786. The van der Waals surface area contributed by atoms with E-state index in [9.17, 15) is 0 Å². The second kappa shape index (κ2) is 10.1. The lowest BCUT2D eigenvalue weighted by Crippen LogP contribution is -2.09. The zero-order valence-electron chi connectivity index (χ0n) is 10.7. The van der Waals surface area contributed by atoms with Crippen molar-refractivity contribution in [2.45, 2.75) is 58.5 Å². The summed E-state index contributed by atoms with van der Waals surface area (Å²) >= 11 is 0. The molecule has 15 heavy (non-hydrogen) atoms. The Hall–Kier alpha value is -0.455. The summed E-state index contributed by atoms with van der Waals surface area (Å²) in [5.41, 5.74) is 0. The second-order valence-corrected chi connectivity index (χ2v) is 4.53. The van der Waals surface area contributed by atoms with Gasteiger partial charge in [-0.15, -0.1) is 13.2 Å². The van der Waals surface area contributed by atoms with Gasteiger partial charge in [-0.2, -0.15) is 0 Å². The zero-order chi connectivity index (χ0) is 11.5. The molecule has 0 unspecified atom stereocenters. The van der Waals surface area contributed by atoms with Crippen LogP contribution in [0.4, 0.5) is 0 Å². The third kappa shape index (κ3) is 7.47. The lowest BCUT2D eigenvalue weighted by Gasteiger charge is -2.14. The molecule has 0 bridgehead atoms. The van der Waals surface area contributed by atoms with Gasteiger partial charge in [0.2, 0.25) is 0 Å². The molecule has 0 N–H and O–H groups in total. The average Bonchev–Trinajstić information content (AvgIpc) is 2.25. The molecule has 0 fully saturated rings. The fraction of sp³-hybridized carbons (Fsp3) is 0.714. The number of hydrogen-bond donors (Lipinski definition) is 0. The molecule has 0 nitrogen and oxygen atoms in total. The average molecular weight is 206 g/mol. The van der Waals surface area contributed by atoms with Gasteiger partial charge >= 0.3 is 0 Å². The highest BCUT2D eigenvalue weighted by Gasteiger charge is 2.10. The minimum absolute atomic E-state index is 0.786. The highest BCUT2D eigenvalue weighted by atomic mass is 14.1. The van der Waals surface area contributed by atoms with Crippen LogP contribution in [0.2, 0.25) is 19.0 Å². The van der Waals surface area contributed by atoms with E-state index in [1.165, 1.54) is 31.8 Å². The predicted molar refractivity (Wildman–Crippen MR) is 73.9 cm³/mol. The summed E-state index contributed by atoms with van der Waals surface area (Å²) in [6.07, 6.45) is 13.2. The highest BCUT2D eigenvalue weighted by molar-refractivity contribution is 6.58. The van der Waals surface area contributed by atoms with Crippen molar-refractivity contribution in [3.63, 3.8) is 0 Å². The smallest absolute Gasteiger partial charge is 0.103 e. The van der Waals surface area contributed by atoms with Gasteiger partial charge in [0.05, 0.1) is 0 Å². The van der Waals surface area contributed by atoms with Crippen LogP contribution >= 0.6 is 0 Å². The topological polar surface area (TPSA) is 0 Å². The van der Waals surface area contributed by atoms with Crippen LogP contribution < -0.4 is 0 Å². The molecule has 0 heterocycles. The van der Waals surface area contributed by atoms with Gasteiger partial charge in [0.1, 0.15) is 6.71 Å². The van der Waals surface area contributed by atoms with E-state index in [1.54, 1.807) is 0 Å². The van der Waals surface area contributed by atoms with Gasteiger partial charge < -0.3 is 0 Å². The lowest BCUT2D eigenvalue weighted by atomic mass is 9.43. The van der Waals surface area contributed by atoms with E-state index in [4.69, 9.17) is 0 Å². The van der Waals surface area contributed by atoms with Crippen LogP contribution in [0.1, 0.15) is 39.5 Å². The minimum Gasteiger partial charge on any atom is -0.103 e. The van der Waals surface area contributed by atoms with Crippen LogP contribution in [0.25, 0.3) is 0 Å². The Morgan fingerprint density at radius 1 is 1.07 bits per heavy atom. The van der Waals surface area contributed by atoms with Crippen molar-refractivity contribution in [1.29, 1.82) is 0 Å². The molecule has 0 amide bonds. The number of rotatable bonds is 10. The largest absolute Gasteiger partial charge is 0.139 e. The van der Waals surface area contributed by atoms with Crippen molar-refractivity contribution in [2.24, 2.45) is 5.92 Å². The zero-order valence-corrected chi connectivity index (χ0v) is 10.7. The Labute approximate surface area is 96.9 Å². The fourth-order valence-corrected chi connectivity index (χ4v) is 2.20. The van der Waals surface area contributed by atoms with Crippen molar-refractivity contribution in [2.75, 3.05) is 0 Å². The van der Waals surface area contributed by atoms with Crippen LogP contribution in [0.3, 0.4) is 0 Å². The number of hydrogen-bond acceptors (Lipinski definition) is 0. The van der Waals surface area contributed by atoms with Crippen LogP contribution in [-0.2, 0) is 0 Å². The van der Waals surface area contributed by atoms with Crippen molar-refractivity contribution in [3.8, 4) is 0 Å². The summed E-state index contributed by atoms with van der Waals surface area (Å²) in [6, 6.07) is 0. The van der Waals surface area contributed by atoms with E-state index in [2.05, 4.69) is 27.0 Å². The molecule has 0 radical (unpaired) electrons. The molecule has 0 saturated heterocycles. The van der Waals surface area contributed by atoms with E-state index >= 15 is 0 Å². The Morgan fingerprint density at radius 3 is 2.00 bits per heavy atom. The van der Waals surface area contributed by atoms with Crippen molar-refractivity contribution >= 4 is 6.71 Å². The van der Waals surface area contributed by atoms with Gasteiger partial charge in [-0.25, -0.2) is 0 Å². The maximum atomic E-state index is 3.82. The van der Waals surface area contributed by atoms with Crippen molar-refractivity contribution in [1.82, 2.24) is 0 Å². The predicted octanol–water partition coefficient (Wildman–Crippen LogP) is 5.07. The molecule has 0 saturated carbocycles. The van der Waals surface area contributed by atoms with Crippen molar-refractivity contribution < 1.29 is 0 Å². The molecule has 1 heteroatoms. The van der Waals surface area contributed by atoms with Crippen molar-refractivity contribution in [3.05, 3.63) is 25.3 Å². The molecule has 0 atom stereocenters. The van der Waals surface area contributed by atoms with Crippen LogP contribution in [0, 0.1) is 5.92 Å². The molecule has 0 aliphatic rings. The Kier molecular flexibility index (Phi) is 9.77. The molecule has 0 aromatic carbocycles. The first-order chi connectivity index (χ1) is 7.28. The maximum absolute atomic E-state index is 3.82. The standard InChI is InChI=1S/C14H27B/c1-5-10-14(11-6-2)12-9-13-15(7-3)8-4/h5-6,14H,1-2,7-13H2,3-4H3. The lowest BCUT2D eigenvalue weighted by molar-refractivity contribution is 0.490. The molecular weight excluding hydrogens is 179 g/mol. The minimum atomic E-state index is 0.786. The van der Waals surface area contributed by atoms with Gasteiger partial charge in [0.25, 0.3) is 0 Å². The molecule has 86 valence electrons. The normalized spacial score (nSPS) is 10.3. The van der Waals surface area contributed by atoms with Gasteiger partial charge in [-0.1, -0.05) is 57.8 Å². The van der Waals surface area contributed by atoms with E-state index < -0.39 is 0 Å². The Bertz CT molecular complexity index is 149. The molecule has 0 rings (SSSR count). The SMILES string of the molecule is C=CCC(CC=C)CCCB(CC)CC. The van der Waals surface area contributed by atoms with E-state index in [0.717, 1.165) is 25.5 Å². The monoisotopic (exact) mass is 206 g/mol. The summed E-state index contributed by atoms with van der Waals surface area (Å²) in [6.45, 7) is 13.2. The van der Waals surface area contributed by atoms with Gasteiger partial charge in [0.15, 0.2) is 0 Å². The Balaban J connectivity index is 3.68. The third-order valence-electron chi connectivity index (χ3n) is 3.38. The maximum Gasteiger partial charge on any atom is 0.139 e. The summed E-state index contributed by atoms with van der Waals surface area (Å²) in [5, 5.41) is 0. The molecule has 0 aliphatic carbocycles. The molecule has 0 aliphatic heterocycles.